The molecule has 3 aliphatic heterocycles. The van der Waals surface area contributed by atoms with Crippen LogP contribution in [0.2, 0.25) is 0 Å². The average Bonchev–Trinajstić information content (AvgIpc) is 3.18. The molecule has 4 aliphatic rings. The van der Waals surface area contributed by atoms with Gasteiger partial charge in [0.05, 0.1) is 38.2 Å². The van der Waals surface area contributed by atoms with E-state index in [1.807, 2.05) is 52.3 Å². The first-order valence-electron chi connectivity index (χ1n) is 16.5. The Hall–Kier alpha value is -4.05. The number of benzene rings is 2. The van der Waals surface area contributed by atoms with E-state index in [9.17, 15) is 14.4 Å². The van der Waals surface area contributed by atoms with Crippen LogP contribution in [0.25, 0.3) is 0 Å². The number of fused-ring (bicyclic) bond motifs is 1. The van der Waals surface area contributed by atoms with Crippen LogP contribution in [0, 0.1) is 5.41 Å². The average molecular weight is 630 g/mol. The predicted molar refractivity (Wildman–Crippen MR) is 178 cm³/mol. The number of nitrogens with zero attached hydrogens (tertiary/aromatic N) is 3. The zero-order valence-corrected chi connectivity index (χ0v) is 27.6. The van der Waals surface area contributed by atoms with Gasteiger partial charge in [-0.25, -0.2) is 0 Å². The molecule has 3 heterocycles. The summed E-state index contributed by atoms with van der Waals surface area (Å²) in [6.07, 6.45) is 5.40. The number of allylic oxidation sites excluding steroid dienone is 1. The maximum Gasteiger partial charge on any atom is 0.242 e. The van der Waals surface area contributed by atoms with Gasteiger partial charge in [0.15, 0.2) is 17.3 Å². The van der Waals surface area contributed by atoms with Gasteiger partial charge < -0.3 is 30.3 Å². The standard InChI is InChI=1S/C36H47N5O5/c1-35(2)21-26-31(28(42)22-35)32(24-11-10-14-29(45-3)33(24)46-4)41(27-13-7-6-12-25(27)38-26)23-30(43)39-19-15-36(16-20-39,34(37)44)40-17-8-5-9-18-40/h6-7,10-14,32,38H,5,8-9,15-23H2,1-4H3,(H2,37,44). The number of rotatable bonds is 7. The number of primary amides is 1. The molecule has 2 fully saturated rings. The van der Waals surface area contributed by atoms with Gasteiger partial charge in [0, 0.05) is 36.3 Å². The molecule has 246 valence electrons. The predicted octanol–water partition coefficient (Wildman–Crippen LogP) is 4.65. The fraction of sp³-hybridized carbons (Fsp3) is 0.528. The van der Waals surface area contributed by atoms with E-state index in [0.29, 0.717) is 55.8 Å². The van der Waals surface area contributed by atoms with Crippen LogP contribution in [-0.2, 0) is 14.4 Å². The second-order valence-corrected chi connectivity index (χ2v) is 13.9. The summed E-state index contributed by atoms with van der Waals surface area (Å²) < 4.78 is 11.6. The van der Waals surface area contributed by atoms with E-state index in [-0.39, 0.29) is 29.6 Å². The van der Waals surface area contributed by atoms with Crippen molar-refractivity contribution in [1.82, 2.24) is 9.80 Å². The zero-order valence-electron chi connectivity index (χ0n) is 27.6. The lowest BCUT2D eigenvalue weighted by Crippen LogP contribution is -2.64. The number of carbonyl (C=O) groups is 3. The highest BCUT2D eigenvalue weighted by molar-refractivity contribution is 6.02. The first kappa shape index (κ1) is 31.9. The Kier molecular flexibility index (Phi) is 8.76. The van der Waals surface area contributed by atoms with Crippen molar-refractivity contribution in [3.8, 4) is 11.5 Å². The minimum absolute atomic E-state index is 0.0322. The number of para-hydroxylation sites is 3. The Labute approximate surface area is 271 Å². The lowest BCUT2D eigenvalue weighted by molar-refractivity contribution is -0.141. The van der Waals surface area contributed by atoms with Gasteiger partial charge >= 0.3 is 0 Å². The Morgan fingerprint density at radius 2 is 1.65 bits per heavy atom. The van der Waals surface area contributed by atoms with E-state index in [2.05, 4.69) is 24.1 Å². The number of Topliss-reactive ketones (excluding diaryl/α,β-unsaturated/α-hetero) is 1. The van der Waals surface area contributed by atoms with Crippen LogP contribution >= 0.6 is 0 Å². The fourth-order valence-electron chi connectivity index (χ4n) is 8.09. The van der Waals surface area contributed by atoms with Crippen molar-refractivity contribution in [2.75, 3.05) is 57.2 Å². The Morgan fingerprint density at radius 1 is 0.935 bits per heavy atom. The van der Waals surface area contributed by atoms with Crippen molar-refractivity contribution >= 4 is 29.0 Å². The molecule has 3 N–H and O–H groups in total. The van der Waals surface area contributed by atoms with Crippen LogP contribution in [0.3, 0.4) is 0 Å². The molecule has 1 unspecified atom stereocenters. The number of piperidine rings is 2. The number of hydrogen-bond donors (Lipinski definition) is 2. The van der Waals surface area contributed by atoms with Crippen LogP contribution in [-0.4, -0.2) is 79.9 Å². The third kappa shape index (κ3) is 5.72. The number of nitrogens with two attached hydrogens (primary N) is 1. The Balaban J connectivity index is 1.39. The normalized spacial score (nSPS) is 22.7. The highest BCUT2D eigenvalue weighted by atomic mass is 16.5. The van der Waals surface area contributed by atoms with Crippen LogP contribution < -0.4 is 25.4 Å². The highest BCUT2D eigenvalue weighted by Gasteiger charge is 2.47. The molecule has 2 aromatic rings. The molecule has 2 saturated heterocycles. The second-order valence-electron chi connectivity index (χ2n) is 13.9. The summed E-state index contributed by atoms with van der Waals surface area (Å²) in [5.41, 5.74) is 9.04. The molecule has 0 bridgehead atoms. The van der Waals surface area contributed by atoms with E-state index >= 15 is 0 Å². The summed E-state index contributed by atoms with van der Waals surface area (Å²) in [5.74, 6) is 0.772. The topological polar surface area (TPSA) is 117 Å². The number of nitrogens with one attached hydrogen (secondary N) is 1. The Bertz CT molecular complexity index is 1540. The lowest BCUT2D eigenvalue weighted by Gasteiger charge is -2.48. The number of ether oxygens (including phenoxy) is 2. The first-order chi connectivity index (χ1) is 22.1. The molecule has 0 aromatic heterocycles. The molecular formula is C36H47N5O5. The third-order valence-corrected chi connectivity index (χ3v) is 10.4. The largest absolute Gasteiger partial charge is 0.493 e. The molecular weight excluding hydrogens is 582 g/mol. The van der Waals surface area contributed by atoms with Gasteiger partial charge in [-0.2, -0.15) is 0 Å². The van der Waals surface area contributed by atoms with Gasteiger partial charge in [-0.05, 0) is 68.8 Å². The molecule has 2 aromatic carbocycles. The summed E-state index contributed by atoms with van der Waals surface area (Å²) >= 11 is 0. The molecule has 10 heteroatoms. The maximum absolute atomic E-state index is 14.3. The lowest BCUT2D eigenvalue weighted by atomic mass is 9.73. The van der Waals surface area contributed by atoms with Crippen molar-refractivity contribution < 1.29 is 23.9 Å². The van der Waals surface area contributed by atoms with Crippen LogP contribution in [0.15, 0.2) is 53.7 Å². The van der Waals surface area contributed by atoms with Crippen molar-refractivity contribution in [3.05, 3.63) is 59.3 Å². The smallest absolute Gasteiger partial charge is 0.242 e. The van der Waals surface area contributed by atoms with E-state index in [1.54, 1.807) is 14.2 Å². The number of amides is 2. The van der Waals surface area contributed by atoms with Crippen molar-refractivity contribution in [1.29, 1.82) is 0 Å². The molecule has 46 heavy (non-hydrogen) atoms. The van der Waals surface area contributed by atoms with Gasteiger partial charge in [0.1, 0.15) is 5.54 Å². The van der Waals surface area contributed by atoms with Crippen LogP contribution in [0.5, 0.6) is 11.5 Å². The molecule has 2 amide bonds. The molecule has 6 rings (SSSR count). The number of likely N-dealkylation sites (tertiary alicyclic amines) is 2. The maximum atomic E-state index is 14.3. The van der Waals surface area contributed by atoms with Crippen molar-refractivity contribution in [2.24, 2.45) is 11.1 Å². The molecule has 1 atom stereocenters. The zero-order chi connectivity index (χ0) is 32.6. The summed E-state index contributed by atoms with van der Waals surface area (Å²) in [5, 5.41) is 3.62. The van der Waals surface area contributed by atoms with Gasteiger partial charge in [0.25, 0.3) is 0 Å². The number of ketones is 1. The van der Waals surface area contributed by atoms with Gasteiger partial charge in [-0.1, -0.05) is 44.5 Å². The number of carbonyl (C=O) groups excluding carboxylic acids is 3. The summed E-state index contributed by atoms with van der Waals surface area (Å²) in [6.45, 7) is 6.87. The first-order valence-corrected chi connectivity index (χ1v) is 16.5. The number of hydrogen-bond acceptors (Lipinski definition) is 8. The summed E-state index contributed by atoms with van der Waals surface area (Å²) in [6, 6.07) is 13.0. The monoisotopic (exact) mass is 629 g/mol. The van der Waals surface area contributed by atoms with Gasteiger partial charge in [-0.3, -0.25) is 19.3 Å². The van der Waals surface area contributed by atoms with Gasteiger partial charge in [0.2, 0.25) is 11.8 Å². The van der Waals surface area contributed by atoms with E-state index in [0.717, 1.165) is 48.6 Å². The molecule has 10 nitrogen and oxygen atoms in total. The fourth-order valence-corrected chi connectivity index (χ4v) is 8.09. The Morgan fingerprint density at radius 3 is 2.33 bits per heavy atom. The van der Waals surface area contributed by atoms with E-state index < -0.39 is 11.6 Å². The molecule has 0 saturated carbocycles. The summed E-state index contributed by atoms with van der Waals surface area (Å²) in [7, 11) is 3.19. The minimum Gasteiger partial charge on any atom is -0.493 e. The second kappa shape index (κ2) is 12.6. The van der Waals surface area contributed by atoms with Gasteiger partial charge in [-0.15, -0.1) is 0 Å². The summed E-state index contributed by atoms with van der Waals surface area (Å²) in [4.78, 5) is 47.5. The minimum atomic E-state index is -0.714. The van der Waals surface area contributed by atoms with Crippen LogP contribution in [0.4, 0.5) is 11.4 Å². The van der Waals surface area contributed by atoms with E-state index in [1.165, 1.54) is 6.42 Å². The quantitative estimate of drug-likeness (QED) is 0.455. The van der Waals surface area contributed by atoms with E-state index in [4.69, 9.17) is 15.2 Å². The molecule has 0 spiro atoms. The SMILES string of the molecule is COc1cccc(C2C3=C(CC(C)(C)CC3=O)Nc3ccccc3N2CC(=O)N2CCC(C(N)=O)(N3CCCCC3)CC2)c1OC. The van der Waals surface area contributed by atoms with Crippen LogP contribution in [0.1, 0.15) is 70.4 Å². The molecule has 0 radical (unpaired) electrons. The van der Waals surface area contributed by atoms with Crippen molar-refractivity contribution in [2.45, 2.75) is 70.4 Å². The third-order valence-electron chi connectivity index (χ3n) is 10.4. The number of methoxy groups -OCH3 is 2. The molecule has 1 aliphatic carbocycles. The number of anilines is 2. The highest BCUT2D eigenvalue weighted by Crippen LogP contribution is 2.51. The van der Waals surface area contributed by atoms with Crippen molar-refractivity contribution in [3.63, 3.8) is 0 Å².